The third-order valence-electron chi connectivity index (χ3n) is 1.36. The van der Waals surface area contributed by atoms with Crippen molar-refractivity contribution in [3.8, 4) is 0 Å². The molecule has 1 aromatic carbocycles. The molecule has 0 bridgehead atoms. The minimum Gasteiger partial charge on any atom is -1.00 e. The molecule has 0 aliphatic rings. The standard InChI is InChI=1S/C10H16NS.HI/c1-11(2,3)9-12-10-7-5-4-6-8-10;/h4-8H,9H2,1-3H3;1H/q+1;/p-1. The van der Waals surface area contributed by atoms with E-state index in [-0.39, 0.29) is 24.0 Å². The average Bonchev–Trinajstić information content (AvgIpc) is 2.02. The van der Waals surface area contributed by atoms with E-state index in [4.69, 9.17) is 0 Å². The molecule has 74 valence electrons. The van der Waals surface area contributed by atoms with E-state index in [1.807, 2.05) is 11.8 Å². The lowest BCUT2D eigenvalue weighted by molar-refractivity contribution is -0.857. The fraction of sp³-hybridized carbons (Fsp3) is 0.400. The highest BCUT2D eigenvalue weighted by molar-refractivity contribution is 7.99. The first-order chi connectivity index (χ1) is 5.58. The van der Waals surface area contributed by atoms with Crippen LogP contribution in [0, 0.1) is 0 Å². The fourth-order valence-electron chi connectivity index (χ4n) is 0.785. The summed E-state index contributed by atoms with van der Waals surface area (Å²) < 4.78 is 1.000. The largest absolute Gasteiger partial charge is 1.00 e. The Morgan fingerprint density at radius 1 is 1.08 bits per heavy atom. The molecular formula is C10H16INS. The Morgan fingerprint density at radius 3 is 2.08 bits per heavy atom. The molecule has 1 nitrogen and oxygen atoms in total. The number of thioether (sulfide) groups is 1. The van der Waals surface area contributed by atoms with Gasteiger partial charge in [0.05, 0.1) is 21.1 Å². The molecule has 0 aromatic heterocycles. The van der Waals surface area contributed by atoms with Gasteiger partial charge in [0.25, 0.3) is 0 Å². The summed E-state index contributed by atoms with van der Waals surface area (Å²) in [5.41, 5.74) is 0. The van der Waals surface area contributed by atoms with Gasteiger partial charge >= 0.3 is 0 Å². The van der Waals surface area contributed by atoms with Crippen LogP contribution >= 0.6 is 11.8 Å². The van der Waals surface area contributed by atoms with Crippen molar-refractivity contribution in [3.05, 3.63) is 30.3 Å². The van der Waals surface area contributed by atoms with Crippen LogP contribution in [-0.2, 0) is 0 Å². The van der Waals surface area contributed by atoms with Crippen molar-refractivity contribution in [2.45, 2.75) is 4.90 Å². The second kappa shape index (κ2) is 5.88. The van der Waals surface area contributed by atoms with Crippen molar-refractivity contribution in [3.63, 3.8) is 0 Å². The zero-order chi connectivity index (χ0) is 9.03. The van der Waals surface area contributed by atoms with E-state index in [1.165, 1.54) is 4.90 Å². The van der Waals surface area contributed by atoms with E-state index in [9.17, 15) is 0 Å². The molecule has 0 fully saturated rings. The quantitative estimate of drug-likeness (QED) is 0.312. The Bertz CT molecular complexity index is 230. The van der Waals surface area contributed by atoms with E-state index in [0.29, 0.717) is 0 Å². The molecule has 3 heteroatoms. The monoisotopic (exact) mass is 309 g/mol. The van der Waals surface area contributed by atoms with E-state index >= 15 is 0 Å². The van der Waals surface area contributed by atoms with Gasteiger partial charge in [0.1, 0.15) is 5.88 Å². The first-order valence-corrected chi connectivity index (χ1v) is 5.05. The molecule has 0 aliphatic heterocycles. The first kappa shape index (κ1) is 13.3. The van der Waals surface area contributed by atoms with Crippen molar-refractivity contribution in [2.75, 3.05) is 27.0 Å². The van der Waals surface area contributed by atoms with Gasteiger partial charge < -0.3 is 28.5 Å². The zero-order valence-corrected chi connectivity index (χ0v) is 11.3. The van der Waals surface area contributed by atoms with Gasteiger partial charge in [0.15, 0.2) is 0 Å². The Kier molecular flexibility index (Phi) is 6.00. The summed E-state index contributed by atoms with van der Waals surface area (Å²) in [4.78, 5) is 1.35. The molecule has 13 heavy (non-hydrogen) atoms. The third kappa shape index (κ3) is 6.35. The van der Waals surface area contributed by atoms with Gasteiger partial charge in [-0.1, -0.05) is 30.0 Å². The molecule has 0 amide bonds. The summed E-state index contributed by atoms with van der Waals surface area (Å²) >= 11 is 1.90. The fourth-order valence-corrected chi connectivity index (χ4v) is 1.67. The summed E-state index contributed by atoms with van der Waals surface area (Å²) in [6.45, 7) is 0. The minimum absolute atomic E-state index is 0. The number of nitrogens with zero attached hydrogens (tertiary/aromatic N) is 1. The number of hydrogen-bond acceptors (Lipinski definition) is 1. The predicted molar refractivity (Wildman–Crippen MR) is 55.2 cm³/mol. The Morgan fingerprint density at radius 2 is 1.62 bits per heavy atom. The van der Waals surface area contributed by atoms with Gasteiger partial charge in [-0.2, -0.15) is 0 Å². The number of quaternary nitrogens is 1. The van der Waals surface area contributed by atoms with Crippen LogP contribution < -0.4 is 24.0 Å². The van der Waals surface area contributed by atoms with E-state index in [1.54, 1.807) is 0 Å². The molecule has 0 heterocycles. The molecule has 0 spiro atoms. The van der Waals surface area contributed by atoms with Gasteiger partial charge in [-0.15, -0.1) is 0 Å². The molecule has 0 atom stereocenters. The van der Waals surface area contributed by atoms with Gasteiger partial charge in [-0.05, 0) is 12.1 Å². The molecule has 0 saturated carbocycles. The summed E-state index contributed by atoms with van der Waals surface area (Å²) in [5.74, 6) is 1.12. The van der Waals surface area contributed by atoms with Crippen LogP contribution in [-0.4, -0.2) is 31.5 Å². The van der Waals surface area contributed by atoms with Crippen LogP contribution in [0.25, 0.3) is 0 Å². The maximum atomic E-state index is 2.20. The maximum Gasteiger partial charge on any atom is 0.129 e. The SMILES string of the molecule is C[N+](C)(C)CSc1ccccc1.[I-]. The number of halogens is 1. The van der Waals surface area contributed by atoms with Crippen LogP contribution in [0.5, 0.6) is 0 Å². The van der Waals surface area contributed by atoms with Crippen molar-refractivity contribution in [1.82, 2.24) is 0 Å². The lowest BCUT2D eigenvalue weighted by atomic mass is 10.4. The van der Waals surface area contributed by atoms with Crippen LogP contribution in [0.4, 0.5) is 0 Å². The number of rotatable bonds is 3. The lowest BCUT2D eigenvalue weighted by Gasteiger charge is -2.22. The highest BCUT2D eigenvalue weighted by atomic mass is 127. The van der Waals surface area contributed by atoms with Crippen LogP contribution in [0.2, 0.25) is 0 Å². The van der Waals surface area contributed by atoms with E-state index < -0.39 is 0 Å². The summed E-state index contributed by atoms with van der Waals surface area (Å²) in [7, 11) is 6.61. The highest BCUT2D eigenvalue weighted by Gasteiger charge is 2.06. The summed E-state index contributed by atoms with van der Waals surface area (Å²) in [5, 5.41) is 0. The molecule has 0 unspecified atom stereocenters. The summed E-state index contributed by atoms with van der Waals surface area (Å²) in [6.07, 6.45) is 0. The topological polar surface area (TPSA) is 0 Å². The second-order valence-corrected chi connectivity index (χ2v) is 4.90. The molecule has 0 saturated heterocycles. The zero-order valence-electron chi connectivity index (χ0n) is 8.33. The van der Waals surface area contributed by atoms with E-state index in [2.05, 4.69) is 51.5 Å². The van der Waals surface area contributed by atoms with Gasteiger partial charge in [-0.25, -0.2) is 0 Å². The molecule has 0 aliphatic carbocycles. The maximum absolute atomic E-state index is 2.20. The van der Waals surface area contributed by atoms with Gasteiger partial charge in [-0.3, -0.25) is 0 Å². The lowest BCUT2D eigenvalue weighted by Crippen LogP contribution is -3.00. The van der Waals surface area contributed by atoms with Crippen molar-refractivity contribution < 1.29 is 28.5 Å². The smallest absolute Gasteiger partial charge is 0.129 e. The third-order valence-corrected chi connectivity index (χ3v) is 2.87. The van der Waals surface area contributed by atoms with Crippen LogP contribution in [0.15, 0.2) is 35.2 Å². The van der Waals surface area contributed by atoms with E-state index in [0.717, 1.165) is 10.4 Å². The number of hydrogen-bond donors (Lipinski definition) is 0. The van der Waals surface area contributed by atoms with Crippen LogP contribution in [0.3, 0.4) is 0 Å². The summed E-state index contributed by atoms with van der Waals surface area (Å²) in [6, 6.07) is 10.5. The Hall–Kier alpha value is 0.260. The second-order valence-electron chi connectivity index (χ2n) is 3.88. The van der Waals surface area contributed by atoms with Gasteiger partial charge in [0, 0.05) is 4.90 Å². The molecule has 0 radical (unpaired) electrons. The Balaban J connectivity index is 0.00000144. The first-order valence-electron chi connectivity index (χ1n) is 4.06. The van der Waals surface area contributed by atoms with Gasteiger partial charge in [0.2, 0.25) is 0 Å². The average molecular weight is 309 g/mol. The number of benzene rings is 1. The van der Waals surface area contributed by atoms with Crippen LogP contribution in [0.1, 0.15) is 0 Å². The minimum atomic E-state index is 0. The highest BCUT2D eigenvalue weighted by Crippen LogP contribution is 2.18. The Labute approximate surface area is 102 Å². The molecule has 1 rings (SSSR count). The normalized spacial score (nSPS) is 10.7. The predicted octanol–water partition coefficient (Wildman–Crippen LogP) is -0.554. The van der Waals surface area contributed by atoms with Crippen molar-refractivity contribution in [1.29, 1.82) is 0 Å². The molecular weight excluding hydrogens is 293 g/mol. The molecule has 1 aromatic rings. The molecule has 0 N–H and O–H groups in total. The van der Waals surface area contributed by atoms with Crippen molar-refractivity contribution in [2.24, 2.45) is 0 Å². The van der Waals surface area contributed by atoms with Crippen molar-refractivity contribution >= 4 is 11.8 Å².